The Bertz CT molecular complexity index is 863. The number of hydrogen-bond acceptors (Lipinski definition) is 5. The lowest BCUT2D eigenvalue weighted by molar-refractivity contribution is -0.125. The van der Waals surface area contributed by atoms with Gasteiger partial charge in [-0.25, -0.2) is 8.42 Å². The minimum atomic E-state index is -3.70. The van der Waals surface area contributed by atoms with Gasteiger partial charge in [-0.3, -0.25) is 9.10 Å². The van der Waals surface area contributed by atoms with Crippen molar-refractivity contribution in [2.24, 2.45) is 17.8 Å². The zero-order valence-electron chi connectivity index (χ0n) is 17.3. The quantitative estimate of drug-likeness (QED) is 0.730. The third kappa shape index (κ3) is 4.04. The smallest absolute Gasteiger partial charge is 0.241 e. The van der Waals surface area contributed by atoms with E-state index in [1.165, 1.54) is 33.5 Å². The Balaban J connectivity index is 1.56. The van der Waals surface area contributed by atoms with Crippen molar-refractivity contribution in [2.45, 2.75) is 44.1 Å². The fourth-order valence-electron chi connectivity index (χ4n) is 6.10. The van der Waals surface area contributed by atoms with Gasteiger partial charge in [-0.1, -0.05) is 0 Å². The summed E-state index contributed by atoms with van der Waals surface area (Å²) in [4.78, 5) is 13.0. The average molecular weight is 423 g/mol. The molecular weight excluding hydrogens is 392 g/mol. The van der Waals surface area contributed by atoms with Gasteiger partial charge in [0.25, 0.3) is 0 Å². The van der Waals surface area contributed by atoms with Crippen LogP contribution < -0.4 is 19.1 Å². The minimum absolute atomic E-state index is 0.159. The molecule has 8 heteroatoms. The molecule has 1 N–H and O–H groups in total. The summed E-state index contributed by atoms with van der Waals surface area (Å²) < 4.78 is 36.8. The largest absolute Gasteiger partial charge is 0.497 e. The summed E-state index contributed by atoms with van der Waals surface area (Å²) in [5.41, 5.74) is 0.142. The van der Waals surface area contributed by atoms with E-state index in [2.05, 4.69) is 5.32 Å². The summed E-state index contributed by atoms with van der Waals surface area (Å²) >= 11 is 0. The van der Waals surface area contributed by atoms with Crippen molar-refractivity contribution < 1.29 is 22.7 Å². The highest BCUT2D eigenvalue weighted by atomic mass is 32.2. The van der Waals surface area contributed by atoms with Crippen LogP contribution in [0.4, 0.5) is 5.69 Å². The number of sulfonamides is 1. The molecule has 0 heterocycles. The number of ether oxygens (including phenoxy) is 2. The highest BCUT2D eigenvalue weighted by molar-refractivity contribution is 7.92. The van der Waals surface area contributed by atoms with Crippen LogP contribution in [0.1, 0.15) is 38.5 Å². The van der Waals surface area contributed by atoms with E-state index in [1.807, 2.05) is 0 Å². The Kier molecular flexibility index (Phi) is 5.17. The van der Waals surface area contributed by atoms with E-state index in [1.54, 1.807) is 18.2 Å². The van der Waals surface area contributed by atoms with Gasteiger partial charge in [0.05, 0.1) is 26.2 Å². The maximum Gasteiger partial charge on any atom is 0.241 e. The Morgan fingerprint density at radius 2 is 1.69 bits per heavy atom. The molecule has 1 aromatic rings. The van der Waals surface area contributed by atoms with Gasteiger partial charge in [-0.05, 0) is 68.4 Å². The molecule has 4 saturated carbocycles. The Morgan fingerprint density at radius 3 is 2.17 bits per heavy atom. The SMILES string of the molecule is COc1ccc(OC)c(N(CC(=O)NC23CC4CC(CC(C4)C2)C3)S(C)(=O)=O)c1. The van der Waals surface area contributed by atoms with Gasteiger partial charge in [0.2, 0.25) is 15.9 Å². The molecule has 0 aliphatic heterocycles. The summed E-state index contributed by atoms with van der Waals surface area (Å²) in [7, 11) is -0.716. The van der Waals surface area contributed by atoms with Crippen LogP contribution in [0.2, 0.25) is 0 Å². The molecule has 0 atom stereocenters. The van der Waals surface area contributed by atoms with E-state index >= 15 is 0 Å². The molecule has 4 aliphatic rings. The van der Waals surface area contributed by atoms with Crippen molar-refractivity contribution in [3.05, 3.63) is 18.2 Å². The van der Waals surface area contributed by atoms with E-state index in [-0.39, 0.29) is 18.0 Å². The molecule has 4 aliphatic carbocycles. The number of carbonyl (C=O) groups is 1. The van der Waals surface area contributed by atoms with E-state index < -0.39 is 10.0 Å². The van der Waals surface area contributed by atoms with Crippen LogP contribution in [-0.4, -0.2) is 46.9 Å². The molecule has 0 unspecified atom stereocenters. The highest BCUT2D eigenvalue weighted by Gasteiger charge is 2.51. The summed E-state index contributed by atoms with van der Waals surface area (Å²) in [6.07, 6.45) is 8.01. The van der Waals surface area contributed by atoms with E-state index in [0.717, 1.165) is 29.8 Å². The zero-order chi connectivity index (χ0) is 20.8. The second-order valence-corrected chi connectivity index (χ2v) is 11.0. The first kappa shape index (κ1) is 20.3. The average Bonchev–Trinajstić information content (AvgIpc) is 2.63. The second kappa shape index (κ2) is 7.38. The van der Waals surface area contributed by atoms with Crippen LogP contribution in [0.5, 0.6) is 11.5 Å². The molecule has 5 rings (SSSR count). The van der Waals surface area contributed by atoms with Gasteiger partial charge in [0.15, 0.2) is 0 Å². The van der Waals surface area contributed by atoms with Gasteiger partial charge in [0, 0.05) is 11.6 Å². The molecule has 0 saturated heterocycles. The van der Waals surface area contributed by atoms with E-state index in [0.29, 0.717) is 34.9 Å². The van der Waals surface area contributed by atoms with Gasteiger partial charge in [-0.2, -0.15) is 0 Å². The molecule has 1 amide bonds. The Morgan fingerprint density at radius 1 is 1.10 bits per heavy atom. The van der Waals surface area contributed by atoms with Gasteiger partial charge in [0.1, 0.15) is 18.0 Å². The van der Waals surface area contributed by atoms with Crippen molar-refractivity contribution in [1.29, 1.82) is 0 Å². The molecule has 0 radical (unpaired) electrons. The van der Waals surface area contributed by atoms with Crippen LogP contribution in [0, 0.1) is 17.8 Å². The first-order valence-corrected chi connectivity index (χ1v) is 12.1. The number of hydrogen-bond donors (Lipinski definition) is 1. The van der Waals surface area contributed by atoms with Gasteiger partial charge < -0.3 is 14.8 Å². The summed E-state index contributed by atoms with van der Waals surface area (Å²) in [6.45, 7) is -0.274. The lowest BCUT2D eigenvalue weighted by Crippen LogP contribution is -2.61. The van der Waals surface area contributed by atoms with Crippen molar-refractivity contribution in [1.82, 2.24) is 5.32 Å². The normalized spacial score (nSPS) is 30.1. The van der Waals surface area contributed by atoms with Crippen molar-refractivity contribution in [2.75, 3.05) is 31.3 Å². The van der Waals surface area contributed by atoms with Gasteiger partial charge >= 0.3 is 0 Å². The number of amides is 1. The van der Waals surface area contributed by atoms with E-state index in [4.69, 9.17) is 9.47 Å². The van der Waals surface area contributed by atoms with Crippen molar-refractivity contribution in [3.63, 3.8) is 0 Å². The predicted octanol–water partition coefficient (Wildman–Crippen LogP) is 2.55. The Hall–Kier alpha value is -1.96. The molecule has 29 heavy (non-hydrogen) atoms. The molecule has 160 valence electrons. The standard InChI is InChI=1S/C21H30N2O5S/c1-27-17-4-5-19(28-2)18(9-17)23(29(3,25)26)13-20(24)22-21-10-14-6-15(11-21)8-16(7-14)12-21/h4-5,9,14-16H,6-8,10-13H2,1-3H3,(H,22,24). The first-order valence-electron chi connectivity index (χ1n) is 10.2. The number of rotatable bonds is 7. The topological polar surface area (TPSA) is 84.9 Å². The summed E-state index contributed by atoms with van der Waals surface area (Å²) in [5, 5.41) is 3.25. The number of methoxy groups -OCH3 is 2. The molecule has 0 spiro atoms. The fourth-order valence-corrected chi connectivity index (χ4v) is 6.95. The molecule has 4 fully saturated rings. The van der Waals surface area contributed by atoms with Crippen LogP contribution in [-0.2, 0) is 14.8 Å². The van der Waals surface area contributed by atoms with Crippen molar-refractivity contribution in [3.8, 4) is 11.5 Å². The third-order valence-electron chi connectivity index (χ3n) is 6.79. The Labute approximate surface area is 172 Å². The zero-order valence-corrected chi connectivity index (χ0v) is 18.1. The number of benzene rings is 1. The lowest BCUT2D eigenvalue weighted by atomic mass is 9.53. The van der Waals surface area contributed by atoms with Crippen molar-refractivity contribution >= 4 is 21.6 Å². The fraction of sp³-hybridized carbons (Fsp3) is 0.667. The van der Waals surface area contributed by atoms with Crippen LogP contribution in [0.25, 0.3) is 0 Å². The number of nitrogens with zero attached hydrogens (tertiary/aromatic N) is 1. The number of nitrogens with one attached hydrogen (secondary N) is 1. The van der Waals surface area contributed by atoms with Crippen LogP contribution >= 0.6 is 0 Å². The van der Waals surface area contributed by atoms with Crippen LogP contribution in [0.15, 0.2) is 18.2 Å². The lowest BCUT2D eigenvalue weighted by Gasteiger charge is -2.57. The maximum absolute atomic E-state index is 13.0. The summed E-state index contributed by atoms with van der Waals surface area (Å²) in [6, 6.07) is 4.92. The molecule has 7 nitrogen and oxygen atoms in total. The predicted molar refractivity (Wildman–Crippen MR) is 111 cm³/mol. The summed E-state index contributed by atoms with van der Waals surface area (Å²) in [5.74, 6) is 2.71. The van der Waals surface area contributed by atoms with Gasteiger partial charge in [-0.15, -0.1) is 0 Å². The molecule has 1 aromatic carbocycles. The highest BCUT2D eigenvalue weighted by Crippen LogP contribution is 2.55. The molecule has 4 bridgehead atoms. The van der Waals surface area contributed by atoms with Crippen LogP contribution in [0.3, 0.4) is 0 Å². The van der Waals surface area contributed by atoms with E-state index in [9.17, 15) is 13.2 Å². The number of carbonyl (C=O) groups excluding carboxylic acids is 1. The first-order chi connectivity index (χ1) is 13.7. The maximum atomic E-state index is 13.0. The monoisotopic (exact) mass is 422 g/mol. The number of anilines is 1. The second-order valence-electron chi connectivity index (χ2n) is 9.05. The minimum Gasteiger partial charge on any atom is -0.497 e. The molecule has 0 aromatic heterocycles. The molecular formula is C21H30N2O5S. The third-order valence-corrected chi connectivity index (χ3v) is 7.91.